The normalized spacial score (nSPS) is 18.0. The van der Waals surface area contributed by atoms with E-state index in [4.69, 9.17) is 0 Å². The number of aromatic amines is 1. The van der Waals surface area contributed by atoms with Gasteiger partial charge in [-0.1, -0.05) is 78.9 Å². The average Bonchev–Trinajstić information content (AvgIpc) is 3.39. The van der Waals surface area contributed by atoms with Crippen molar-refractivity contribution in [3.63, 3.8) is 0 Å². The van der Waals surface area contributed by atoms with E-state index in [1.54, 1.807) is 0 Å². The molecule has 1 aliphatic carbocycles. The molecule has 0 amide bonds. The van der Waals surface area contributed by atoms with Crippen molar-refractivity contribution in [2.24, 2.45) is 5.92 Å². The van der Waals surface area contributed by atoms with Crippen LogP contribution in [0.15, 0.2) is 122 Å². The largest absolute Gasteiger partial charge is 0.355 e. The highest BCUT2D eigenvalue weighted by molar-refractivity contribution is 6.10. The fourth-order valence-electron chi connectivity index (χ4n) is 5.81. The summed E-state index contributed by atoms with van der Waals surface area (Å²) >= 11 is 0. The van der Waals surface area contributed by atoms with Crippen LogP contribution in [0.2, 0.25) is 0 Å². The van der Waals surface area contributed by atoms with Crippen molar-refractivity contribution in [1.29, 1.82) is 0 Å². The lowest BCUT2D eigenvalue weighted by Crippen LogP contribution is -2.34. The van der Waals surface area contributed by atoms with Crippen molar-refractivity contribution in [2.75, 3.05) is 0 Å². The lowest BCUT2D eigenvalue weighted by atomic mass is 9.64. The second-order valence-corrected chi connectivity index (χ2v) is 8.88. The molecule has 2 nitrogen and oxygen atoms in total. The van der Waals surface area contributed by atoms with Gasteiger partial charge in [0.15, 0.2) is 0 Å². The van der Waals surface area contributed by atoms with Crippen molar-refractivity contribution >= 4 is 21.8 Å². The molecule has 0 fully saturated rings. The SMILES string of the molecule is C=CC(/C=C\C=C/C)[C@@]1(c2cccnc2)c2ccccc2-c2cc3c(cc21)[nH]c1ccccc13. The van der Waals surface area contributed by atoms with E-state index in [0.717, 1.165) is 11.0 Å². The minimum atomic E-state index is -0.425. The Hall–Kier alpha value is -4.17. The second-order valence-electron chi connectivity index (χ2n) is 8.88. The summed E-state index contributed by atoms with van der Waals surface area (Å²) in [5.41, 5.74) is 8.21. The number of hydrogen-bond acceptors (Lipinski definition) is 1. The molecular formula is C32H26N2. The van der Waals surface area contributed by atoms with Gasteiger partial charge in [0.05, 0.1) is 5.41 Å². The Morgan fingerprint density at radius 2 is 1.71 bits per heavy atom. The first-order valence-electron chi connectivity index (χ1n) is 11.8. The number of para-hydroxylation sites is 1. The van der Waals surface area contributed by atoms with Gasteiger partial charge in [-0.25, -0.2) is 0 Å². The standard InChI is InChI=1S/C32H26N2/c1-3-5-6-12-22(4-2)32(23-13-11-18-33-21-23)28-16-9-7-14-24(28)26-19-27-25-15-8-10-17-30(25)34-31(27)20-29(26)32/h3-22,34H,2H2,1H3/b5-3-,12-6-/t22?,32-/m1/s1. The number of rotatable bonds is 5. The Bertz CT molecular complexity index is 1590. The molecule has 0 spiro atoms. The maximum Gasteiger partial charge on any atom is 0.0576 e. The first-order chi connectivity index (χ1) is 16.8. The summed E-state index contributed by atoms with van der Waals surface area (Å²) in [6.07, 6.45) is 14.5. The monoisotopic (exact) mass is 438 g/mol. The summed E-state index contributed by atoms with van der Waals surface area (Å²) in [6, 6.07) is 26.3. The van der Waals surface area contributed by atoms with Gasteiger partial charge in [0.2, 0.25) is 0 Å². The quantitative estimate of drug-likeness (QED) is 0.219. The van der Waals surface area contributed by atoms with Crippen LogP contribution in [0, 0.1) is 5.92 Å². The second kappa shape index (κ2) is 8.00. The topological polar surface area (TPSA) is 28.7 Å². The van der Waals surface area contributed by atoms with Gasteiger partial charge in [-0.05, 0) is 59.0 Å². The highest BCUT2D eigenvalue weighted by Gasteiger charge is 2.48. The van der Waals surface area contributed by atoms with Gasteiger partial charge in [0, 0.05) is 40.1 Å². The molecule has 1 N–H and O–H groups in total. The molecule has 6 rings (SSSR count). The van der Waals surface area contributed by atoms with Crippen LogP contribution in [0.1, 0.15) is 23.6 Å². The number of benzene rings is 3. The molecule has 34 heavy (non-hydrogen) atoms. The van der Waals surface area contributed by atoms with Gasteiger partial charge in [-0.15, -0.1) is 6.58 Å². The van der Waals surface area contributed by atoms with E-state index in [-0.39, 0.29) is 5.92 Å². The number of fused-ring (bicyclic) bond motifs is 6. The number of aromatic nitrogens is 2. The summed E-state index contributed by atoms with van der Waals surface area (Å²) in [4.78, 5) is 8.21. The van der Waals surface area contributed by atoms with Crippen LogP contribution in [0.25, 0.3) is 32.9 Å². The molecular weight excluding hydrogens is 412 g/mol. The van der Waals surface area contributed by atoms with E-state index in [1.165, 1.54) is 38.6 Å². The van der Waals surface area contributed by atoms with Gasteiger partial charge in [0.1, 0.15) is 0 Å². The molecule has 2 atom stereocenters. The summed E-state index contributed by atoms with van der Waals surface area (Å²) in [5, 5.41) is 2.51. The van der Waals surface area contributed by atoms with Gasteiger partial charge in [-0.3, -0.25) is 4.98 Å². The van der Waals surface area contributed by atoms with E-state index in [1.807, 2.05) is 25.4 Å². The molecule has 0 radical (unpaired) electrons. The number of nitrogens with one attached hydrogen (secondary N) is 1. The Kier molecular flexibility index (Phi) is 4.81. The third-order valence-electron chi connectivity index (χ3n) is 7.20. The molecule has 1 unspecified atom stereocenters. The third-order valence-corrected chi connectivity index (χ3v) is 7.20. The first-order valence-corrected chi connectivity index (χ1v) is 11.8. The molecule has 2 heterocycles. The zero-order valence-corrected chi connectivity index (χ0v) is 19.2. The molecule has 2 aromatic heterocycles. The Balaban J connectivity index is 1.76. The predicted molar refractivity (Wildman–Crippen MR) is 143 cm³/mol. The van der Waals surface area contributed by atoms with E-state index < -0.39 is 5.41 Å². The van der Waals surface area contributed by atoms with E-state index in [9.17, 15) is 0 Å². The Labute approximate surface area is 200 Å². The summed E-state index contributed by atoms with van der Waals surface area (Å²) in [7, 11) is 0. The maximum absolute atomic E-state index is 4.55. The lowest BCUT2D eigenvalue weighted by Gasteiger charge is -2.37. The molecule has 5 aromatic rings. The molecule has 164 valence electrons. The van der Waals surface area contributed by atoms with Gasteiger partial charge in [0.25, 0.3) is 0 Å². The van der Waals surface area contributed by atoms with Crippen molar-refractivity contribution in [1.82, 2.24) is 9.97 Å². The molecule has 0 bridgehead atoms. The Morgan fingerprint density at radius 1 is 0.853 bits per heavy atom. The maximum atomic E-state index is 4.55. The fourth-order valence-corrected chi connectivity index (χ4v) is 5.81. The predicted octanol–water partition coefficient (Wildman–Crippen LogP) is 7.97. The highest BCUT2D eigenvalue weighted by Crippen LogP contribution is 2.57. The van der Waals surface area contributed by atoms with Crippen LogP contribution in [0.3, 0.4) is 0 Å². The van der Waals surface area contributed by atoms with Crippen LogP contribution in [0.4, 0.5) is 0 Å². The third kappa shape index (κ3) is 2.78. The zero-order chi connectivity index (χ0) is 23.1. The van der Waals surface area contributed by atoms with Crippen molar-refractivity contribution in [3.8, 4) is 11.1 Å². The Morgan fingerprint density at radius 3 is 2.53 bits per heavy atom. The number of pyridine rings is 1. The highest BCUT2D eigenvalue weighted by atomic mass is 14.7. The smallest absolute Gasteiger partial charge is 0.0576 e. The number of nitrogens with zero attached hydrogens (tertiary/aromatic N) is 1. The van der Waals surface area contributed by atoms with Gasteiger partial charge >= 0.3 is 0 Å². The fraction of sp³-hybridized carbons (Fsp3) is 0.0938. The lowest BCUT2D eigenvalue weighted by molar-refractivity contribution is 0.536. The number of H-pyrrole nitrogens is 1. The minimum absolute atomic E-state index is 0.0390. The van der Waals surface area contributed by atoms with Crippen LogP contribution in [-0.4, -0.2) is 9.97 Å². The first kappa shape index (κ1) is 20.4. The van der Waals surface area contributed by atoms with Gasteiger partial charge < -0.3 is 4.98 Å². The summed E-state index contributed by atoms with van der Waals surface area (Å²) in [6.45, 7) is 6.33. The summed E-state index contributed by atoms with van der Waals surface area (Å²) in [5.74, 6) is 0.0390. The molecule has 3 aromatic carbocycles. The number of hydrogen-bond donors (Lipinski definition) is 1. The minimum Gasteiger partial charge on any atom is -0.355 e. The van der Waals surface area contributed by atoms with Crippen LogP contribution in [0.5, 0.6) is 0 Å². The van der Waals surface area contributed by atoms with E-state index in [0.29, 0.717) is 0 Å². The molecule has 1 aliphatic rings. The molecule has 2 heteroatoms. The zero-order valence-electron chi connectivity index (χ0n) is 19.2. The number of allylic oxidation sites excluding steroid dienone is 5. The van der Waals surface area contributed by atoms with Crippen molar-refractivity contribution < 1.29 is 0 Å². The van der Waals surface area contributed by atoms with Crippen molar-refractivity contribution in [2.45, 2.75) is 12.3 Å². The van der Waals surface area contributed by atoms with E-state index in [2.05, 4.69) is 114 Å². The van der Waals surface area contributed by atoms with Crippen LogP contribution < -0.4 is 0 Å². The average molecular weight is 439 g/mol. The van der Waals surface area contributed by atoms with Crippen LogP contribution >= 0.6 is 0 Å². The van der Waals surface area contributed by atoms with Gasteiger partial charge in [-0.2, -0.15) is 0 Å². The molecule has 0 saturated carbocycles. The molecule has 0 aliphatic heterocycles. The van der Waals surface area contributed by atoms with Crippen molar-refractivity contribution in [3.05, 3.63) is 139 Å². The van der Waals surface area contributed by atoms with Crippen LogP contribution in [-0.2, 0) is 5.41 Å². The van der Waals surface area contributed by atoms with E-state index >= 15 is 0 Å². The molecule has 0 saturated heterocycles. The summed E-state index contributed by atoms with van der Waals surface area (Å²) < 4.78 is 0.